The van der Waals surface area contributed by atoms with Crippen LogP contribution in [0.25, 0.3) is 0 Å². The van der Waals surface area contributed by atoms with Crippen LogP contribution in [-0.2, 0) is 6.42 Å². The summed E-state index contributed by atoms with van der Waals surface area (Å²) in [6, 6.07) is 6.17. The summed E-state index contributed by atoms with van der Waals surface area (Å²) in [4.78, 5) is 7.23. The minimum absolute atomic E-state index is 0.0436. The summed E-state index contributed by atoms with van der Waals surface area (Å²) in [6.45, 7) is 2.06. The zero-order valence-electron chi connectivity index (χ0n) is 8.87. The minimum Gasteiger partial charge on any atom is -0.349 e. The van der Waals surface area contributed by atoms with Gasteiger partial charge in [-0.05, 0) is 24.1 Å². The van der Waals surface area contributed by atoms with E-state index < -0.39 is 0 Å². The van der Waals surface area contributed by atoms with Gasteiger partial charge in [0.25, 0.3) is 0 Å². The van der Waals surface area contributed by atoms with Gasteiger partial charge in [0, 0.05) is 23.3 Å². The molecule has 0 spiro atoms. The Morgan fingerprint density at radius 2 is 2.31 bits per heavy atom. The molecular weight excluding hydrogens is 288 g/mol. The Labute approximate surface area is 108 Å². The van der Waals surface area contributed by atoms with Gasteiger partial charge in [-0.3, -0.25) is 0 Å². The molecule has 0 bridgehead atoms. The second kappa shape index (κ2) is 5.02. The van der Waals surface area contributed by atoms with E-state index in [2.05, 4.69) is 38.9 Å². The molecule has 2 nitrogen and oxygen atoms in total. The Bertz CT molecular complexity index is 468. The zero-order chi connectivity index (χ0) is 11.5. The van der Waals surface area contributed by atoms with Crippen molar-refractivity contribution in [3.8, 4) is 0 Å². The van der Waals surface area contributed by atoms with Gasteiger partial charge in [0.2, 0.25) is 0 Å². The van der Waals surface area contributed by atoms with Crippen molar-refractivity contribution in [3.63, 3.8) is 0 Å². The number of hydrogen-bond donors (Lipinski definition) is 1. The van der Waals surface area contributed by atoms with E-state index in [4.69, 9.17) is 11.6 Å². The zero-order valence-corrected chi connectivity index (χ0v) is 11.2. The van der Waals surface area contributed by atoms with E-state index in [1.165, 1.54) is 5.56 Å². The monoisotopic (exact) mass is 298 g/mol. The van der Waals surface area contributed by atoms with Gasteiger partial charge < -0.3 is 4.98 Å². The second-order valence-electron chi connectivity index (χ2n) is 3.72. The molecule has 1 heterocycles. The highest BCUT2D eigenvalue weighted by molar-refractivity contribution is 9.10. The van der Waals surface area contributed by atoms with Crippen LogP contribution in [0.15, 0.2) is 35.1 Å². The number of rotatable bonds is 3. The number of alkyl halides is 1. The lowest BCUT2D eigenvalue weighted by atomic mass is 10.1. The Morgan fingerprint density at radius 1 is 1.50 bits per heavy atom. The first kappa shape index (κ1) is 11.7. The fourth-order valence-electron chi connectivity index (χ4n) is 1.56. The Morgan fingerprint density at radius 3 is 2.94 bits per heavy atom. The molecule has 0 saturated heterocycles. The largest absolute Gasteiger partial charge is 0.349 e. The highest BCUT2D eigenvalue weighted by Crippen LogP contribution is 2.27. The van der Waals surface area contributed by atoms with E-state index >= 15 is 0 Å². The van der Waals surface area contributed by atoms with Crippen molar-refractivity contribution in [1.82, 2.24) is 9.97 Å². The highest BCUT2D eigenvalue weighted by Gasteiger charge is 2.11. The summed E-state index contributed by atoms with van der Waals surface area (Å²) in [7, 11) is 0. The number of nitrogens with zero attached hydrogens (tertiary/aromatic N) is 1. The van der Waals surface area contributed by atoms with Crippen LogP contribution in [0.3, 0.4) is 0 Å². The predicted molar refractivity (Wildman–Crippen MR) is 69.8 cm³/mol. The molecule has 1 aromatic heterocycles. The third kappa shape index (κ3) is 2.66. The Kier molecular flexibility index (Phi) is 3.66. The SMILES string of the molecule is Cc1cc(C(Cl)Cc2ncc[nH]2)ccc1Br. The number of H-pyrrole nitrogens is 1. The Hall–Kier alpha value is -0.800. The van der Waals surface area contributed by atoms with Gasteiger partial charge in [-0.15, -0.1) is 11.6 Å². The number of aromatic amines is 1. The van der Waals surface area contributed by atoms with Gasteiger partial charge >= 0.3 is 0 Å². The normalized spacial score (nSPS) is 12.7. The van der Waals surface area contributed by atoms with Gasteiger partial charge in [0.05, 0.1) is 5.38 Å². The standard InChI is InChI=1S/C12H12BrClN2/c1-8-6-9(2-3-10(8)13)11(14)7-12-15-4-5-16-12/h2-6,11H,7H2,1H3,(H,15,16). The third-order valence-corrected chi connectivity index (χ3v) is 3.77. The van der Waals surface area contributed by atoms with Crippen molar-refractivity contribution in [2.24, 2.45) is 0 Å². The molecule has 0 aliphatic heterocycles. The van der Waals surface area contributed by atoms with Crippen LogP contribution >= 0.6 is 27.5 Å². The number of aromatic nitrogens is 2. The molecule has 0 radical (unpaired) electrons. The summed E-state index contributed by atoms with van der Waals surface area (Å²) in [5, 5.41) is -0.0436. The van der Waals surface area contributed by atoms with Crippen LogP contribution in [0.2, 0.25) is 0 Å². The van der Waals surface area contributed by atoms with Gasteiger partial charge in [-0.25, -0.2) is 4.98 Å². The quantitative estimate of drug-likeness (QED) is 0.853. The number of halogens is 2. The molecule has 0 fully saturated rings. The van der Waals surface area contributed by atoms with E-state index in [-0.39, 0.29) is 5.38 Å². The van der Waals surface area contributed by atoms with Crippen LogP contribution in [0.4, 0.5) is 0 Å². The molecule has 2 rings (SSSR count). The molecule has 0 amide bonds. The molecule has 16 heavy (non-hydrogen) atoms. The molecule has 1 aromatic carbocycles. The maximum atomic E-state index is 6.35. The van der Waals surface area contributed by atoms with Crippen LogP contribution in [0.1, 0.15) is 22.3 Å². The summed E-state index contributed by atoms with van der Waals surface area (Å²) in [6.07, 6.45) is 4.27. The number of benzene rings is 1. The first-order valence-electron chi connectivity index (χ1n) is 5.05. The smallest absolute Gasteiger partial charge is 0.107 e. The fourth-order valence-corrected chi connectivity index (χ4v) is 2.09. The minimum atomic E-state index is -0.0436. The number of imidazole rings is 1. The summed E-state index contributed by atoms with van der Waals surface area (Å²) >= 11 is 9.82. The third-order valence-electron chi connectivity index (χ3n) is 2.47. The van der Waals surface area contributed by atoms with E-state index in [0.717, 1.165) is 22.3 Å². The van der Waals surface area contributed by atoms with Gasteiger partial charge in [-0.1, -0.05) is 28.1 Å². The maximum Gasteiger partial charge on any atom is 0.107 e. The van der Waals surface area contributed by atoms with Crippen LogP contribution in [-0.4, -0.2) is 9.97 Å². The summed E-state index contributed by atoms with van der Waals surface area (Å²) in [5.41, 5.74) is 2.32. The van der Waals surface area contributed by atoms with Gasteiger partial charge in [0.1, 0.15) is 5.82 Å². The average molecular weight is 300 g/mol. The first-order chi connectivity index (χ1) is 7.66. The van der Waals surface area contributed by atoms with Crippen molar-refractivity contribution in [2.75, 3.05) is 0 Å². The summed E-state index contributed by atoms with van der Waals surface area (Å²) in [5.74, 6) is 0.917. The molecule has 4 heteroatoms. The first-order valence-corrected chi connectivity index (χ1v) is 6.28. The van der Waals surface area contributed by atoms with E-state index in [1.54, 1.807) is 6.20 Å². The molecule has 0 saturated carbocycles. The van der Waals surface area contributed by atoms with E-state index in [1.807, 2.05) is 18.3 Å². The lowest BCUT2D eigenvalue weighted by molar-refractivity contribution is 0.854. The van der Waals surface area contributed by atoms with Crippen molar-refractivity contribution in [1.29, 1.82) is 0 Å². The topological polar surface area (TPSA) is 28.7 Å². The van der Waals surface area contributed by atoms with Gasteiger partial charge in [-0.2, -0.15) is 0 Å². The van der Waals surface area contributed by atoms with Crippen LogP contribution < -0.4 is 0 Å². The Balaban J connectivity index is 2.14. The molecule has 1 unspecified atom stereocenters. The fraction of sp³-hybridized carbons (Fsp3) is 0.250. The molecule has 2 aromatic rings. The molecule has 84 valence electrons. The number of aryl methyl sites for hydroxylation is 1. The van der Waals surface area contributed by atoms with Gasteiger partial charge in [0.15, 0.2) is 0 Å². The lowest BCUT2D eigenvalue weighted by Crippen LogP contribution is -1.98. The summed E-state index contributed by atoms with van der Waals surface area (Å²) < 4.78 is 1.11. The van der Waals surface area contributed by atoms with Crippen molar-refractivity contribution >= 4 is 27.5 Å². The predicted octanol–water partition coefficient (Wildman–Crippen LogP) is 4.00. The van der Waals surface area contributed by atoms with E-state index in [0.29, 0.717) is 0 Å². The lowest BCUT2D eigenvalue weighted by Gasteiger charge is -2.09. The van der Waals surface area contributed by atoms with Crippen molar-refractivity contribution < 1.29 is 0 Å². The molecule has 0 aliphatic rings. The van der Waals surface area contributed by atoms with Crippen molar-refractivity contribution in [2.45, 2.75) is 18.7 Å². The molecule has 1 atom stereocenters. The second-order valence-corrected chi connectivity index (χ2v) is 5.10. The highest BCUT2D eigenvalue weighted by atomic mass is 79.9. The maximum absolute atomic E-state index is 6.35. The van der Waals surface area contributed by atoms with E-state index in [9.17, 15) is 0 Å². The van der Waals surface area contributed by atoms with Crippen molar-refractivity contribution in [3.05, 3.63) is 52.0 Å². The average Bonchev–Trinajstić information content (AvgIpc) is 2.74. The van der Waals surface area contributed by atoms with Crippen LogP contribution in [0, 0.1) is 6.92 Å². The molecule has 1 N–H and O–H groups in total. The van der Waals surface area contributed by atoms with Crippen LogP contribution in [0.5, 0.6) is 0 Å². The molecule has 0 aliphatic carbocycles. The number of hydrogen-bond acceptors (Lipinski definition) is 1. The number of nitrogens with one attached hydrogen (secondary N) is 1. The molecular formula is C12H12BrClN2.